The molecule has 0 aliphatic rings. The minimum atomic E-state index is 0.249. The summed E-state index contributed by atoms with van der Waals surface area (Å²) >= 11 is 0. The van der Waals surface area contributed by atoms with Crippen molar-refractivity contribution in [3.05, 3.63) is 29.8 Å². The van der Waals surface area contributed by atoms with E-state index in [9.17, 15) is 4.79 Å². The van der Waals surface area contributed by atoms with Crippen LogP contribution in [0.4, 0.5) is 0 Å². The molecule has 0 aromatic heterocycles. The molecule has 0 saturated carbocycles. The van der Waals surface area contributed by atoms with Crippen molar-refractivity contribution in [2.24, 2.45) is 0 Å². The highest BCUT2D eigenvalue weighted by Gasteiger charge is 1.98. The smallest absolute Gasteiger partial charge is 0.152 e. The van der Waals surface area contributed by atoms with Gasteiger partial charge in [-0.2, -0.15) is 0 Å². The highest BCUT2D eigenvalue weighted by molar-refractivity contribution is 7.65. The summed E-state index contributed by atoms with van der Waals surface area (Å²) in [4.78, 5) is 10.8. The molecule has 1 unspecified atom stereocenters. The first kappa shape index (κ1) is 8.42. The molecule has 2 heteroatoms. The maximum Gasteiger partial charge on any atom is 0.152 e. The molecule has 0 saturated heterocycles. The van der Waals surface area contributed by atoms with Crippen molar-refractivity contribution in [3.63, 3.8) is 0 Å². The number of carbonyl (C=O) groups excluding carboxylic acids is 1. The largest absolute Gasteiger partial charge is 0.295 e. The van der Waals surface area contributed by atoms with E-state index in [1.54, 1.807) is 6.92 Å². The van der Waals surface area contributed by atoms with E-state index >= 15 is 0 Å². The molecule has 0 N–H and O–H groups in total. The lowest BCUT2D eigenvalue weighted by atomic mass is 10.2. The SMILES string of the molecule is CC(=O)Pc1ccccc1C. The van der Waals surface area contributed by atoms with Gasteiger partial charge < -0.3 is 0 Å². The van der Waals surface area contributed by atoms with E-state index in [1.165, 1.54) is 10.9 Å². The normalized spacial score (nSPS) is 10.7. The molecule has 11 heavy (non-hydrogen) atoms. The summed E-state index contributed by atoms with van der Waals surface area (Å²) < 4.78 is 0. The number of rotatable bonds is 2. The molecule has 1 atom stereocenters. The summed E-state index contributed by atoms with van der Waals surface area (Å²) in [5.41, 5.74) is 1.46. The summed E-state index contributed by atoms with van der Waals surface area (Å²) in [5.74, 6) is 0. The Morgan fingerprint density at radius 3 is 2.55 bits per heavy atom. The fourth-order valence-electron chi connectivity index (χ4n) is 0.903. The van der Waals surface area contributed by atoms with Gasteiger partial charge in [0.05, 0.1) is 0 Å². The van der Waals surface area contributed by atoms with Crippen molar-refractivity contribution in [2.75, 3.05) is 0 Å². The zero-order valence-corrected chi connectivity index (χ0v) is 7.72. The average molecular weight is 166 g/mol. The van der Waals surface area contributed by atoms with Crippen LogP contribution >= 0.6 is 8.58 Å². The van der Waals surface area contributed by atoms with Gasteiger partial charge >= 0.3 is 0 Å². The van der Waals surface area contributed by atoms with Crippen LogP contribution in [0.1, 0.15) is 12.5 Å². The molecule has 0 aliphatic carbocycles. The van der Waals surface area contributed by atoms with Crippen molar-refractivity contribution < 1.29 is 4.79 Å². The maximum atomic E-state index is 10.8. The second-order valence-electron chi connectivity index (χ2n) is 2.50. The van der Waals surface area contributed by atoms with Crippen molar-refractivity contribution in [1.82, 2.24) is 0 Å². The number of carbonyl (C=O) groups is 1. The predicted octanol–water partition coefficient (Wildman–Crippen LogP) is 1.85. The lowest BCUT2D eigenvalue weighted by molar-refractivity contribution is -0.109. The topological polar surface area (TPSA) is 17.1 Å². The van der Waals surface area contributed by atoms with Gasteiger partial charge in [-0.15, -0.1) is 0 Å². The number of benzene rings is 1. The number of hydrogen-bond acceptors (Lipinski definition) is 1. The van der Waals surface area contributed by atoms with Gasteiger partial charge in [-0.3, -0.25) is 4.79 Å². The van der Waals surface area contributed by atoms with E-state index in [2.05, 4.69) is 0 Å². The molecule has 1 aromatic rings. The zero-order valence-electron chi connectivity index (χ0n) is 6.72. The van der Waals surface area contributed by atoms with E-state index in [1.807, 2.05) is 31.2 Å². The van der Waals surface area contributed by atoms with Gasteiger partial charge in [0.15, 0.2) is 5.52 Å². The molecule has 0 heterocycles. The molecule has 0 spiro atoms. The van der Waals surface area contributed by atoms with E-state index in [0.717, 1.165) is 0 Å². The van der Waals surface area contributed by atoms with Crippen LogP contribution in [-0.2, 0) is 4.79 Å². The Morgan fingerprint density at radius 1 is 1.36 bits per heavy atom. The van der Waals surface area contributed by atoms with Crippen LogP contribution in [0.3, 0.4) is 0 Å². The molecular weight excluding hydrogens is 155 g/mol. The molecule has 1 rings (SSSR count). The van der Waals surface area contributed by atoms with E-state index in [0.29, 0.717) is 8.58 Å². The Balaban J connectivity index is 2.86. The Morgan fingerprint density at radius 2 is 2.00 bits per heavy atom. The summed E-state index contributed by atoms with van der Waals surface area (Å²) in [7, 11) is 0.321. The third kappa shape index (κ3) is 2.44. The summed E-state index contributed by atoms with van der Waals surface area (Å²) in [6, 6.07) is 8.00. The van der Waals surface area contributed by atoms with Crippen LogP contribution in [0.5, 0.6) is 0 Å². The van der Waals surface area contributed by atoms with Crippen molar-refractivity contribution in [1.29, 1.82) is 0 Å². The fraction of sp³-hybridized carbons (Fsp3) is 0.222. The minimum absolute atomic E-state index is 0.249. The highest BCUT2D eigenvalue weighted by atomic mass is 31.1. The molecular formula is C9H11OP. The first-order chi connectivity index (χ1) is 5.20. The van der Waals surface area contributed by atoms with Crippen LogP contribution in [-0.4, -0.2) is 5.52 Å². The second-order valence-corrected chi connectivity index (χ2v) is 3.99. The first-order valence-electron chi connectivity index (χ1n) is 3.53. The van der Waals surface area contributed by atoms with E-state index in [-0.39, 0.29) is 5.52 Å². The molecule has 0 bridgehead atoms. The van der Waals surface area contributed by atoms with Gasteiger partial charge in [0.1, 0.15) is 0 Å². The van der Waals surface area contributed by atoms with Gasteiger partial charge in [-0.25, -0.2) is 0 Å². The van der Waals surface area contributed by atoms with Crippen LogP contribution in [0.2, 0.25) is 0 Å². The molecule has 0 aliphatic heterocycles. The van der Waals surface area contributed by atoms with Crippen molar-refractivity contribution >= 4 is 19.4 Å². The fourth-order valence-corrected chi connectivity index (χ4v) is 1.74. The zero-order chi connectivity index (χ0) is 8.27. The minimum Gasteiger partial charge on any atom is -0.295 e. The summed E-state index contributed by atoms with van der Waals surface area (Å²) in [6.45, 7) is 3.66. The summed E-state index contributed by atoms with van der Waals surface area (Å²) in [5, 5.41) is 1.17. The average Bonchev–Trinajstić information content (AvgIpc) is 1.93. The van der Waals surface area contributed by atoms with Crippen LogP contribution in [0, 0.1) is 6.92 Å². The molecule has 0 radical (unpaired) electrons. The first-order valence-corrected chi connectivity index (χ1v) is 4.53. The Kier molecular flexibility index (Phi) is 2.78. The van der Waals surface area contributed by atoms with Crippen molar-refractivity contribution in [3.8, 4) is 0 Å². The third-order valence-electron chi connectivity index (χ3n) is 1.46. The molecule has 0 fully saturated rings. The highest BCUT2D eigenvalue weighted by Crippen LogP contribution is 2.12. The Bertz CT molecular complexity index is 268. The maximum absolute atomic E-state index is 10.8. The van der Waals surface area contributed by atoms with Gasteiger partial charge in [0.25, 0.3) is 0 Å². The Hall–Kier alpha value is -0.680. The number of hydrogen-bond donors (Lipinski definition) is 0. The van der Waals surface area contributed by atoms with Gasteiger partial charge in [-0.1, -0.05) is 24.3 Å². The third-order valence-corrected chi connectivity index (χ3v) is 2.64. The predicted molar refractivity (Wildman–Crippen MR) is 49.8 cm³/mol. The van der Waals surface area contributed by atoms with Gasteiger partial charge in [0, 0.05) is 0 Å². The van der Waals surface area contributed by atoms with Crippen molar-refractivity contribution in [2.45, 2.75) is 13.8 Å². The van der Waals surface area contributed by atoms with Gasteiger partial charge in [0.2, 0.25) is 0 Å². The second kappa shape index (κ2) is 3.64. The van der Waals surface area contributed by atoms with Crippen LogP contribution in [0.25, 0.3) is 0 Å². The quantitative estimate of drug-likeness (QED) is 0.613. The molecule has 1 nitrogen and oxygen atoms in total. The molecule has 1 aromatic carbocycles. The van der Waals surface area contributed by atoms with Gasteiger partial charge in [-0.05, 0) is 33.3 Å². The monoisotopic (exact) mass is 166 g/mol. The standard InChI is InChI=1S/C9H11OP/c1-7-5-3-4-6-9(7)11-8(2)10/h3-6,11H,1-2H3. The summed E-state index contributed by atoms with van der Waals surface area (Å²) in [6.07, 6.45) is 0. The van der Waals surface area contributed by atoms with Crippen LogP contribution in [0.15, 0.2) is 24.3 Å². The molecule has 0 amide bonds. The Labute approximate surface area is 68.6 Å². The van der Waals surface area contributed by atoms with E-state index in [4.69, 9.17) is 0 Å². The lowest BCUT2D eigenvalue weighted by Crippen LogP contribution is -2.00. The lowest BCUT2D eigenvalue weighted by Gasteiger charge is -2.00. The number of aryl methyl sites for hydroxylation is 1. The van der Waals surface area contributed by atoms with Crippen LogP contribution < -0.4 is 5.30 Å². The van der Waals surface area contributed by atoms with E-state index < -0.39 is 0 Å². The molecule has 58 valence electrons.